The Morgan fingerprint density at radius 2 is 1.42 bits per heavy atom. The van der Waals surface area contributed by atoms with Crippen molar-refractivity contribution in [2.45, 2.75) is 0 Å². The molecule has 1 heterocycles. The van der Waals surface area contributed by atoms with Crippen LogP contribution in [0, 0.1) is 0 Å². The number of furan rings is 1. The van der Waals surface area contributed by atoms with E-state index in [-0.39, 0.29) is 0 Å². The fourth-order valence-electron chi connectivity index (χ4n) is 3.57. The number of hydrogen-bond donors (Lipinski definition) is 0. The summed E-state index contributed by atoms with van der Waals surface area (Å²) in [6.07, 6.45) is 0. The molecule has 5 rings (SSSR count). The zero-order chi connectivity index (χ0) is 17.5. The van der Waals surface area contributed by atoms with Crippen molar-refractivity contribution in [1.82, 2.24) is 0 Å². The highest BCUT2D eigenvalue weighted by molar-refractivity contribution is 6.31. The molecule has 26 heavy (non-hydrogen) atoms. The SMILES string of the molecule is Clc1ccc2c(-c3ccccc3)c(-c3cccc4ccccc34)oc2c1. The van der Waals surface area contributed by atoms with Crippen molar-refractivity contribution in [2.24, 2.45) is 0 Å². The van der Waals surface area contributed by atoms with Crippen LogP contribution in [-0.2, 0) is 0 Å². The minimum atomic E-state index is 0.676. The third kappa shape index (κ3) is 2.40. The Kier molecular flexibility index (Phi) is 3.55. The Balaban J connectivity index is 1.91. The lowest BCUT2D eigenvalue weighted by atomic mass is 9.95. The summed E-state index contributed by atoms with van der Waals surface area (Å²) in [6, 6.07) is 30.9. The van der Waals surface area contributed by atoms with E-state index in [1.54, 1.807) is 0 Å². The van der Waals surface area contributed by atoms with Gasteiger partial charge in [-0.1, -0.05) is 84.4 Å². The molecule has 0 saturated carbocycles. The van der Waals surface area contributed by atoms with Gasteiger partial charge in [-0.25, -0.2) is 0 Å². The topological polar surface area (TPSA) is 13.1 Å². The van der Waals surface area contributed by atoms with Gasteiger partial charge in [0.15, 0.2) is 0 Å². The van der Waals surface area contributed by atoms with Crippen molar-refractivity contribution in [3.63, 3.8) is 0 Å². The summed E-state index contributed by atoms with van der Waals surface area (Å²) in [5.41, 5.74) is 4.14. The summed E-state index contributed by atoms with van der Waals surface area (Å²) in [7, 11) is 0. The van der Waals surface area contributed by atoms with Gasteiger partial charge >= 0.3 is 0 Å². The van der Waals surface area contributed by atoms with Crippen LogP contribution >= 0.6 is 11.6 Å². The van der Waals surface area contributed by atoms with Crippen LogP contribution in [-0.4, -0.2) is 0 Å². The second-order valence-electron chi connectivity index (χ2n) is 6.34. The van der Waals surface area contributed by atoms with Crippen LogP contribution in [0.3, 0.4) is 0 Å². The molecule has 5 aromatic rings. The van der Waals surface area contributed by atoms with Crippen LogP contribution in [0.4, 0.5) is 0 Å². The van der Waals surface area contributed by atoms with Crippen LogP contribution in [0.15, 0.2) is 95.4 Å². The predicted molar refractivity (Wildman–Crippen MR) is 110 cm³/mol. The minimum Gasteiger partial charge on any atom is -0.455 e. The maximum atomic E-state index is 6.34. The fraction of sp³-hybridized carbons (Fsp3) is 0. The molecule has 4 aromatic carbocycles. The molecule has 0 unspecified atom stereocenters. The van der Waals surface area contributed by atoms with Gasteiger partial charge in [0.2, 0.25) is 0 Å². The first-order valence-corrected chi connectivity index (χ1v) is 8.95. The van der Waals surface area contributed by atoms with E-state index in [0.717, 1.165) is 33.4 Å². The quantitative estimate of drug-likeness (QED) is 0.318. The molecule has 1 aromatic heterocycles. The molecule has 0 atom stereocenters. The van der Waals surface area contributed by atoms with E-state index in [1.807, 2.05) is 24.3 Å². The Morgan fingerprint density at radius 1 is 0.654 bits per heavy atom. The van der Waals surface area contributed by atoms with Gasteiger partial charge in [0.1, 0.15) is 11.3 Å². The van der Waals surface area contributed by atoms with Crippen molar-refractivity contribution < 1.29 is 4.42 Å². The van der Waals surface area contributed by atoms with Crippen LogP contribution < -0.4 is 0 Å². The molecule has 0 amide bonds. The first-order chi connectivity index (χ1) is 12.8. The van der Waals surface area contributed by atoms with Crippen molar-refractivity contribution in [3.8, 4) is 22.5 Å². The highest BCUT2D eigenvalue weighted by Crippen LogP contribution is 2.43. The first kappa shape index (κ1) is 15.2. The standard InChI is InChI=1S/C24H15ClO/c25-18-13-14-21-22(15-18)26-24(23(21)17-8-2-1-3-9-17)20-12-6-10-16-7-4-5-11-19(16)20/h1-15H. The molecule has 124 valence electrons. The van der Waals surface area contributed by atoms with Gasteiger partial charge in [-0.05, 0) is 28.5 Å². The highest BCUT2D eigenvalue weighted by Gasteiger charge is 2.19. The van der Waals surface area contributed by atoms with Crippen molar-refractivity contribution >= 4 is 33.3 Å². The average molecular weight is 355 g/mol. The smallest absolute Gasteiger partial charge is 0.143 e. The van der Waals surface area contributed by atoms with Crippen LogP contribution in [0.1, 0.15) is 0 Å². The summed E-state index contributed by atoms with van der Waals surface area (Å²) >= 11 is 6.21. The fourth-order valence-corrected chi connectivity index (χ4v) is 3.74. The predicted octanol–water partition coefficient (Wildman–Crippen LogP) is 7.57. The Bertz CT molecular complexity index is 1230. The molecule has 0 aliphatic heterocycles. The summed E-state index contributed by atoms with van der Waals surface area (Å²) < 4.78 is 6.34. The van der Waals surface area contributed by atoms with Gasteiger partial charge in [-0.15, -0.1) is 0 Å². The van der Waals surface area contributed by atoms with E-state index >= 15 is 0 Å². The van der Waals surface area contributed by atoms with E-state index in [1.165, 1.54) is 10.8 Å². The molecule has 1 nitrogen and oxygen atoms in total. The molecule has 0 aliphatic rings. The van der Waals surface area contributed by atoms with Gasteiger partial charge < -0.3 is 4.42 Å². The van der Waals surface area contributed by atoms with Gasteiger partial charge in [0.05, 0.1) is 0 Å². The van der Waals surface area contributed by atoms with Crippen LogP contribution in [0.2, 0.25) is 5.02 Å². The molecule has 0 spiro atoms. The van der Waals surface area contributed by atoms with Gasteiger partial charge in [0, 0.05) is 27.6 Å². The van der Waals surface area contributed by atoms with E-state index < -0.39 is 0 Å². The second-order valence-corrected chi connectivity index (χ2v) is 6.78. The lowest BCUT2D eigenvalue weighted by Crippen LogP contribution is -1.83. The van der Waals surface area contributed by atoms with Gasteiger partial charge in [0.25, 0.3) is 0 Å². The van der Waals surface area contributed by atoms with Gasteiger partial charge in [-0.2, -0.15) is 0 Å². The van der Waals surface area contributed by atoms with Crippen molar-refractivity contribution in [3.05, 3.63) is 96.0 Å². The molecule has 0 aliphatic carbocycles. The van der Waals surface area contributed by atoms with Crippen molar-refractivity contribution in [2.75, 3.05) is 0 Å². The maximum absolute atomic E-state index is 6.34. The third-order valence-corrected chi connectivity index (χ3v) is 4.98. The molecule has 2 heteroatoms. The molecular formula is C24H15ClO. The Labute approximate surface area is 156 Å². The molecule has 0 N–H and O–H groups in total. The van der Waals surface area contributed by atoms with E-state index in [2.05, 4.69) is 66.7 Å². The van der Waals surface area contributed by atoms with E-state index in [0.29, 0.717) is 5.02 Å². The van der Waals surface area contributed by atoms with Crippen LogP contribution in [0.5, 0.6) is 0 Å². The minimum absolute atomic E-state index is 0.676. The third-order valence-electron chi connectivity index (χ3n) is 4.75. The summed E-state index contributed by atoms with van der Waals surface area (Å²) in [6.45, 7) is 0. The molecular weight excluding hydrogens is 340 g/mol. The lowest BCUT2D eigenvalue weighted by Gasteiger charge is -2.07. The zero-order valence-electron chi connectivity index (χ0n) is 13.9. The summed E-state index contributed by atoms with van der Waals surface area (Å²) in [5, 5.41) is 4.12. The van der Waals surface area contributed by atoms with Crippen molar-refractivity contribution in [1.29, 1.82) is 0 Å². The average Bonchev–Trinajstić information content (AvgIpc) is 3.06. The number of rotatable bonds is 2. The Hall–Kier alpha value is -3.03. The Morgan fingerprint density at radius 3 is 2.31 bits per heavy atom. The van der Waals surface area contributed by atoms with E-state index in [4.69, 9.17) is 16.0 Å². The number of halogens is 1. The molecule has 0 saturated heterocycles. The maximum Gasteiger partial charge on any atom is 0.143 e. The number of fused-ring (bicyclic) bond motifs is 2. The molecule has 0 bridgehead atoms. The lowest BCUT2D eigenvalue weighted by molar-refractivity contribution is 0.633. The molecule has 0 radical (unpaired) electrons. The largest absolute Gasteiger partial charge is 0.455 e. The summed E-state index contributed by atoms with van der Waals surface area (Å²) in [5.74, 6) is 0.880. The molecule has 0 fully saturated rings. The first-order valence-electron chi connectivity index (χ1n) is 8.57. The normalized spacial score (nSPS) is 11.3. The van der Waals surface area contributed by atoms with Gasteiger partial charge in [-0.3, -0.25) is 0 Å². The summed E-state index contributed by atoms with van der Waals surface area (Å²) in [4.78, 5) is 0. The monoisotopic (exact) mass is 354 g/mol. The highest BCUT2D eigenvalue weighted by atomic mass is 35.5. The zero-order valence-corrected chi connectivity index (χ0v) is 14.7. The van der Waals surface area contributed by atoms with E-state index in [9.17, 15) is 0 Å². The number of hydrogen-bond acceptors (Lipinski definition) is 1. The number of benzene rings is 4. The second kappa shape index (κ2) is 6.05. The van der Waals surface area contributed by atoms with Crippen LogP contribution in [0.25, 0.3) is 44.2 Å².